The van der Waals surface area contributed by atoms with Gasteiger partial charge < -0.3 is 5.32 Å². The quantitative estimate of drug-likeness (QED) is 0.729. The molecule has 1 aromatic carbocycles. The van der Waals surface area contributed by atoms with Gasteiger partial charge in [-0.2, -0.15) is 0 Å². The first-order valence-electron chi connectivity index (χ1n) is 7.23. The minimum Gasteiger partial charge on any atom is -0.349 e. The molecule has 6 heteroatoms. The lowest BCUT2D eigenvalue weighted by Crippen LogP contribution is -2.28. The highest BCUT2D eigenvalue weighted by molar-refractivity contribution is 7.99. The van der Waals surface area contributed by atoms with Crippen molar-refractivity contribution in [3.05, 3.63) is 66.2 Å². The van der Waals surface area contributed by atoms with Gasteiger partial charge in [-0.05, 0) is 36.8 Å². The molecule has 0 fully saturated rings. The number of carbonyl (C=O) groups is 1. The van der Waals surface area contributed by atoms with Crippen molar-refractivity contribution in [3.63, 3.8) is 0 Å². The zero-order valence-electron chi connectivity index (χ0n) is 12.6. The van der Waals surface area contributed by atoms with Crippen LogP contribution < -0.4 is 5.32 Å². The summed E-state index contributed by atoms with van der Waals surface area (Å²) >= 11 is 1.38. The average Bonchev–Trinajstić information content (AvgIpc) is 2.97. The number of imidazole rings is 1. The van der Waals surface area contributed by atoms with Gasteiger partial charge in [-0.25, -0.2) is 9.37 Å². The molecule has 4 nitrogen and oxygen atoms in total. The smallest absolute Gasteiger partial charge is 0.230 e. The summed E-state index contributed by atoms with van der Waals surface area (Å²) in [7, 11) is 0. The summed E-state index contributed by atoms with van der Waals surface area (Å²) in [6, 6.07) is 11.8. The number of rotatable bonds is 5. The van der Waals surface area contributed by atoms with Gasteiger partial charge >= 0.3 is 0 Å². The maximum atomic E-state index is 12.9. The number of hydrogen-bond donors (Lipinski definition) is 1. The van der Waals surface area contributed by atoms with E-state index in [2.05, 4.69) is 10.3 Å². The number of thioether (sulfide) groups is 1. The van der Waals surface area contributed by atoms with Crippen LogP contribution in [-0.2, 0) is 4.79 Å². The number of hydrogen-bond acceptors (Lipinski definition) is 3. The van der Waals surface area contributed by atoms with E-state index in [1.807, 2.05) is 35.7 Å². The molecule has 0 saturated carbocycles. The first-order valence-corrected chi connectivity index (χ1v) is 8.22. The Morgan fingerprint density at radius 3 is 2.87 bits per heavy atom. The third kappa shape index (κ3) is 3.71. The van der Waals surface area contributed by atoms with E-state index in [0.717, 1.165) is 16.2 Å². The molecule has 118 valence electrons. The van der Waals surface area contributed by atoms with Crippen LogP contribution in [0.4, 0.5) is 4.39 Å². The van der Waals surface area contributed by atoms with Gasteiger partial charge in [0, 0.05) is 6.20 Å². The van der Waals surface area contributed by atoms with Crippen molar-refractivity contribution in [1.29, 1.82) is 0 Å². The van der Waals surface area contributed by atoms with Gasteiger partial charge in [0.25, 0.3) is 0 Å². The third-order valence-electron chi connectivity index (χ3n) is 3.48. The van der Waals surface area contributed by atoms with Gasteiger partial charge in [0.15, 0.2) is 5.16 Å². The van der Waals surface area contributed by atoms with Crippen LogP contribution in [0.15, 0.2) is 60.0 Å². The molecule has 0 bridgehead atoms. The van der Waals surface area contributed by atoms with Crippen molar-refractivity contribution >= 4 is 23.2 Å². The molecule has 0 aliphatic heterocycles. The van der Waals surface area contributed by atoms with E-state index in [1.165, 1.54) is 23.9 Å². The summed E-state index contributed by atoms with van der Waals surface area (Å²) in [4.78, 5) is 16.4. The van der Waals surface area contributed by atoms with Crippen LogP contribution in [-0.4, -0.2) is 21.0 Å². The van der Waals surface area contributed by atoms with Crippen molar-refractivity contribution in [3.8, 4) is 0 Å². The fourth-order valence-corrected chi connectivity index (χ4v) is 3.05. The fourth-order valence-electron chi connectivity index (χ4n) is 2.27. The molecule has 0 aliphatic rings. The highest BCUT2D eigenvalue weighted by Gasteiger charge is 2.11. The molecule has 3 aromatic rings. The van der Waals surface area contributed by atoms with Crippen LogP contribution in [0.2, 0.25) is 0 Å². The molecular formula is C17H16FN3OS. The molecule has 1 atom stereocenters. The average molecular weight is 329 g/mol. The molecule has 3 rings (SSSR count). The minimum atomic E-state index is -0.283. The Kier molecular flexibility index (Phi) is 4.62. The van der Waals surface area contributed by atoms with E-state index in [1.54, 1.807) is 18.3 Å². The monoisotopic (exact) mass is 329 g/mol. The van der Waals surface area contributed by atoms with E-state index in [4.69, 9.17) is 0 Å². The van der Waals surface area contributed by atoms with Gasteiger partial charge in [0.1, 0.15) is 5.82 Å². The zero-order valence-corrected chi connectivity index (χ0v) is 13.4. The van der Waals surface area contributed by atoms with Crippen LogP contribution >= 0.6 is 11.8 Å². The highest BCUT2D eigenvalue weighted by atomic mass is 32.2. The maximum Gasteiger partial charge on any atom is 0.230 e. The van der Waals surface area contributed by atoms with E-state index in [0.29, 0.717) is 0 Å². The maximum absolute atomic E-state index is 12.9. The lowest BCUT2D eigenvalue weighted by molar-refractivity contribution is -0.119. The largest absolute Gasteiger partial charge is 0.349 e. The number of carbonyl (C=O) groups excluding carboxylic acids is 1. The standard InChI is InChI=1S/C17H16FN3OS/c1-12(13-5-7-14(18)8-6-13)20-16(22)11-23-17-19-10-15-4-2-3-9-21(15)17/h2-10,12H,11H2,1H3,(H,20,22). The van der Waals surface area contributed by atoms with Crippen molar-refractivity contribution in [2.45, 2.75) is 18.1 Å². The van der Waals surface area contributed by atoms with Gasteiger partial charge in [-0.15, -0.1) is 0 Å². The summed E-state index contributed by atoms with van der Waals surface area (Å²) in [5.41, 5.74) is 1.87. The summed E-state index contributed by atoms with van der Waals surface area (Å²) in [5.74, 6) is -0.0898. The molecule has 0 aliphatic carbocycles. The van der Waals surface area contributed by atoms with Crippen LogP contribution in [0.1, 0.15) is 18.5 Å². The summed E-state index contributed by atoms with van der Waals surface area (Å²) in [5, 5.41) is 3.69. The number of benzene rings is 1. The number of fused-ring (bicyclic) bond motifs is 1. The Bertz CT molecular complexity index is 816. The van der Waals surface area contributed by atoms with E-state index in [9.17, 15) is 9.18 Å². The van der Waals surface area contributed by atoms with Gasteiger partial charge in [0.05, 0.1) is 23.5 Å². The Morgan fingerprint density at radius 2 is 2.09 bits per heavy atom. The van der Waals surface area contributed by atoms with E-state index >= 15 is 0 Å². The third-order valence-corrected chi connectivity index (χ3v) is 4.45. The highest BCUT2D eigenvalue weighted by Crippen LogP contribution is 2.19. The molecule has 23 heavy (non-hydrogen) atoms. The Hall–Kier alpha value is -2.34. The fraction of sp³-hybridized carbons (Fsp3) is 0.176. The number of nitrogens with one attached hydrogen (secondary N) is 1. The number of nitrogens with zero attached hydrogens (tertiary/aromatic N) is 2. The predicted octanol–water partition coefficient (Wildman–Crippen LogP) is 3.44. The lowest BCUT2D eigenvalue weighted by Gasteiger charge is -2.14. The first kappa shape index (κ1) is 15.6. The van der Waals surface area contributed by atoms with Crippen molar-refractivity contribution in [1.82, 2.24) is 14.7 Å². The molecular weight excluding hydrogens is 313 g/mol. The number of halogens is 1. The Morgan fingerprint density at radius 1 is 1.30 bits per heavy atom. The molecule has 0 spiro atoms. The predicted molar refractivity (Wildman–Crippen MR) is 88.9 cm³/mol. The zero-order chi connectivity index (χ0) is 16.2. The molecule has 0 radical (unpaired) electrons. The van der Waals surface area contributed by atoms with Crippen LogP contribution in [0, 0.1) is 5.82 Å². The second-order valence-corrected chi connectivity index (χ2v) is 6.11. The second-order valence-electron chi connectivity index (χ2n) is 5.17. The summed E-state index contributed by atoms with van der Waals surface area (Å²) in [6.07, 6.45) is 3.70. The summed E-state index contributed by atoms with van der Waals surface area (Å²) < 4.78 is 14.9. The minimum absolute atomic E-state index is 0.0838. The van der Waals surface area contributed by atoms with Crippen LogP contribution in [0.25, 0.3) is 5.52 Å². The molecule has 0 saturated heterocycles. The molecule has 1 N–H and O–H groups in total. The first-order chi connectivity index (χ1) is 11.1. The molecule has 1 unspecified atom stereocenters. The van der Waals surface area contributed by atoms with Gasteiger partial charge in [0.2, 0.25) is 5.91 Å². The van der Waals surface area contributed by atoms with Crippen molar-refractivity contribution in [2.75, 3.05) is 5.75 Å². The molecule has 2 aromatic heterocycles. The lowest BCUT2D eigenvalue weighted by atomic mass is 10.1. The Balaban J connectivity index is 1.58. The van der Waals surface area contributed by atoms with E-state index < -0.39 is 0 Å². The SMILES string of the molecule is CC(NC(=O)CSc1ncc2ccccn12)c1ccc(F)cc1. The van der Waals surface area contributed by atoms with Crippen molar-refractivity contribution < 1.29 is 9.18 Å². The molecule has 2 heterocycles. The van der Waals surface area contributed by atoms with E-state index in [-0.39, 0.29) is 23.5 Å². The second kappa shape index (κ2) is 6.83. The Labute approximate surface area is 137 Å². The van der Waals surface area contributed by atoms with Crippen LogP contribution in [0.5, 0.6) is 0 Å². The van der Waals surface area contributed by atoms with Crippen LogP contribution in [0.3, 0.4) is 0 Å². The summed E-state index contributed by atoms with van der Waals surface area (Å²) in [6.45, 7) is 1.88. The number of amides is 1. The van der Waals surface area contributed by atoms with Crippen molar-refractivity contribution in [2.24, 2.45) is 0 Å². The van der Waals surface area contributed by atoms with Gasteiger partial charge in [-0.3, -0.25) is 9.20 Å². The molecule has 1 amide bonds. The normalized spacial score (nSPS) is 12.3. The number of pyridine rings is 1. The topological polar surface area (TPSA) is 46.4 Å². The number of aromatic nitrogens is 2. The van der Waals surface area contributed by atoms with Gasteiger partial charge in [-0.1, -0.05) is 30.0 Å².